The number of alkyl halides is 3. The average molecular weight is 488 g/mol. The van der Waals surface area contributed by atoms with Gasteiger partial charge in [-0.15, -0.1) is 0 Å². The summed E-state index contributed by atoms with van der Waals surface area (Å²) in [6.45, 7) is 5.34. The van der Waals surface area contributed by atoms with Crippen LogP contribution >= 0.6 is 11.6 Å². The summed E-state index contributed by atoms with van der Waals surface area (Å²) in [5.41, 5.74) is 0.209. The highest BCUT2D eigenvalue weighted by Gasteiger charge is 2.80. The number of nitrogens with one attached hydrogen (secondary N) is 1. The first kappa shape index (κ1) is 22.7. The molecule has 1 unspecified atom stereocenters. The Labute approximate surface area is 198 Å². The van der Waals surface area contributed by atoms with Gasteiger partial charge in [0.15, 0.2) is 11.1 Å². The van der Waals surface area contributed by atoms with Crippen molar-refractivity contribution in [3.05, 3.63) is 67.8 Å². The van der Waals surface area contributed by atoms with E-state index in [1.54, 1.807) is 25.1 Å². The zero-order valence-electron chi connectivity index (χ0n) is 18.7. The second-order valence-electron chi connectivity index (χ2n) is 9.71. The maximum Gasteiger partial charge on any atom is 0.394 e. The molecular weight excluding hydrogens is 467 g/mol. The van der Waals surface area contributed by atoms with Gasteiger partial charge >= 0.3 is 6.18 Å². The van der Waals surface area contributed by atoms with E-state index in [0.29, 0.717) is 33.5 Å². The van der Waals surface area contributed by atoms with Gasteiger partial charge in [-0.05, 0) is 63.8 Å². The topological polar surface area (TPSA) is 78.9 Å². The number of nitrogens with zero attached hydrogens (tertiary/aromatic N) is 2. The van der Waals surface area contributed by atoms with Crippen LogP contribution in [0.25, 0.3) is 11.0 Å². The molecule has 0 aliphatic heterocycles. The van der Waals surface area contributed by atoms with Crippen molar-refractivity contribution in [1.29, 1.82) is 5.26 Å². The zero-order chi connectivity index (χ0) is 24.6. The molecule has 9 heteroatoms. The number of aryl methyl sites for hydroxylation is 1. The molecule has 1 atom stereocenters. The Morgan fingerprint density at radius 3 is 2.53 bits per heavy atom. The van der Waals surface area contributed by atoms with E-state index in [4.69, 9.17) is 16.0 Å². The molecule has 6 rings (SSSR count). The van der Waals surface area contributed by atoms with Crippen LogP contribution < -0.4 is 10.7 Å². The molecule has 2 aromatic heterocycles. The molecule has 0 amide bonds. The molecule has 5 nitrogen and oxygen atoms in total. The largest absolute Gasteiger partial charge is 0.460 e. The fourth-order valence-electron chi connectivity index (χ4n) is 5.67. The van der Waals surface area contributed by atoms with E-state index in [1.807, 2.05) is 26.0 Å². The number of rotatable bonds is 4. The molecule has 2 bridgehead atoms. The minimum Gasteiger partial charge on any atom is -0.460 e. The summed E-state index contributed by atoms with van der Waals surface area (Å²) in [7, 11) is 0. The maximum absolute atomic E-state index is 13.4. The van der Waals surface area contributed by atoms with Crippen LogP contribution in [0.15, 0.2) is 33.5 Å². The van der Waals surface area contributed by atoms with Crippen LogP contribution in [0.5, 0.6) is 0 Å². The summed E-state index contributed by atoms with van der Waals surface area (Å²) in [5.74, 6) is 0.360. The number of aromatic nitrogens is 1. The number of hydrogen-bond donors (Lipinski definition) is 1. The number of halogens is 4. The van der Waals surface area contributed by atoms with Gasteiger partial charge in [-0.25, -0.2) is 4.98 Å². The molecule has 3 aliphatic carbocycles. The summed E-state index contributed by atoms with van der Waals surface area (Å²) in [6, 6.07) is 8.42. The Hall–Kier alpha value is -3.05. The van der Waals surface area contributed by atoms with Gasteiger partial charge in [0.2, 0.25) is 0 Å². The minimum atomic E-state index is -4.24. The quantitative estimate of drug-likeness (QED) is 0.426. The lowest BCUT2D eigenvalue weighted by atomic mass is 9.34. The van der Waals surface area contributed by atoms with Crippen LogP contribution in [0.3, 0.4) is 0 Å². The summed E-state index contributed by atoms with van der Waals surface area (Å²) in [4.78, 5) is 17.3. The van der Waals surface area contributed by atoms with E-state index < -0.39 is 23.0 Å². The minimum absolute atomic E-state index is 0.0459. The van der Waals surface area contributed by atoms with Crippen molar-refractivity contribution in [2.45, 2.75) is 57.7 Å². The van der Waals surface area contributed by atoms with E-state index in [1.165, 1.54) is 0 Å². The predicted octanol–water partition coefficient (Wildman–Crippen LogP) is 6.49. The van der Waals surface area contributed by atoms with Gasteiger partial charge in [-0.2, -0.15) is 18.4 Å². The first-order valence-corrected chi connectivity index (χ1v) is 11.3. The lowest BCUT2D eigenvalue weighted by Gasteiger charge is -2.69. The van der Waals surface area contributed by atoms with Gasteiger partial charge in [0.1, 0.15) is 22.6 Å². The Kier molecular flexibility index (Phi) is 4.83. The molecule has 0 spiro atoms. The van der Waals surface area contributed by atoms with Gasteiger partial charge in [0, 0.05) is 16.5 Å². The van der Waals surface area contributed by atoms with Crippen LogP contribution in [-0.4, -0.2) is 11.2 Å². The average Bonchev–Trinajstić information content (AvgIpc) is 2.69. The zero-order valence-corrected chi connectivity index (χ0v) is 19.5. The lowest BCUT2D eigenvalue weighted by molar-refractivity contribution is -0.340. The summed E-state index contributed by atoms with van der Waals surface area (Å²) >= 11 is 5.89. The molecule has 2 heterocycles. The lowest BCUT2D eigenvalue weighted by Crippen LogP contribution is -2.70. The number of pyridine rings is 1. The molecule has 3 aliphatic rings. The molecule has 3 fully saturated rings. The Bertz CT molecular complexity index is 1440. The number of anilines is 1. The molecule has 176 valence electrons. The first-order valence-electron chi connectivity index (χ1n) is 10.9. The fourth-order valence-corrected chi connectivity index (χ4v) is 5.82. The Morgan fingerprint density at radius 2 is 1.91 bits per heavy atom. The molecule has 3 saturated carbocycles. The van der Waals surface area contributed by atoms with E-state index in [9.17, 15) is 23.2 Å². The molecule has 1 aromatic carbocycles. The standard InChI is InChI=1S/C25H21ClF3N3O2/c1-12-6-15(14(3)31-17-4-5-19(26)32-18(17)8-30)21-16(7-12)20(33)13(2)22(34-21)23-9-24(10-23,11-23)25(27,28)29/h4-7,14,31H,9-11H2,1-3H3. The molecule has 1 N–H and O–H groups in total. The van der Waals surface area contributed by atoms with Crippen molar-refractivity contribution in [3.8, 4) is 6.07 Å². The van der Waals surface area contributed by atoms with Gasteiger partial charge in [-0.3, -0.25) is 4.79 Å². The molecular formula is C25H21ClF3N3O2. The molecule has 34 heavy (non-hydrogen) atoms. The van der Waals surface area contributed by atoms with Crippen molar-refractivity contribution in [2.24, 2.45) is 5.41 Å². The van der Waals surface area contributed by atoms with Crippen LogP contribution in [0.1, 0.15) is 60.4 Å². The number of benzene rings is 1. The second kappa shape index (κ2) is 7.22. The fraction of sp³-hybridized carbons (Fsp3) is 0.400. The van der Waals surface area contributed by atoms with Gasteiger partial charge in [0.25, 0.3) is 0 Å². The summed E-state index contributed by atoms with van der Waals surface area (Å²) in [6.07, 6.45) is -4.38. The molecule has 0 radical (unpaired) electrons. The Morgan fingerprint density at radius 1 is 1.24 bits per heavy atom. The molecule has 3 aromatic rings. The SMILES string of the molecule is Cc1cc(C(C)Nc2ccc(Cl)nc2C#N)c2oc(C34CC(C(F)(F)F)(C3)C4)c(C)c(=O)c2c1. The van der Waals surface area contributed by atoms with Crippen LogP contribution in [0.4, 0.5) is 18.9 Å². The normalized spacial score (nSPS) is 24.2. The van der Waals surface area contributed by atoms with E-state index in [2.05, 4.69) is 10.3 Å². The van der Waals surface area contributed by atoms with Crippen molar-refractivity contribution < 1.29 is 17.6 Å². The van der Waals surface area contributed by atoms with Gasteiger partial charge < -0.3 is 9.73 Å². The number of nitriles is 1. The first-order chi connectivity index (χ1) is 15.9. The van der Waals surface area contributed by atoms with Crippen LogP contribution in [-0.2, 0) is 5.41 Å². The third-order valence-electron chi connectivity index (χ3n) is 7.31. The third kappa shape index (κ3) is 3.13. The van der Waals surface area contributed by atoms with Crippen LogP contribution in [0.2, 0.25) is 5.15 Å². The van der Waals surface area contributed by atoms with E-state index >= 15 is 0 Å². The number of fused-ring (bicyclic) bond motifs is 1. The van der Waals surface area contributed by atoms with Crippen molar-refractivity contribution >= 4 is 28.3 Å². The third-order valence-corrected chi connectivity index (χ3v) is 7.52. The summed E-state index contributed by atoms with van der Waals surface area (Å²) in [5, 5.41) is 13.2. The highest BCUT2D eigenvalue weighted by molar-refractivity contribution is 6.29. The van der Waals surface area contributed by atoms with Crippen molar-refractivity contribution in [1.82, 2.24) is 4.98 Å². The smallest absolute Gasteiger partial charge is 0.394 e. The monoisotopic (exact) mass is 487 g/mol. The highest BCUT2D eigenvalue weighted by atomic mass is 35.5. The predicted molar refractivity (Wildman–Crippen MR) is 122 cm³/mol. The summed E-state index contributed by atoms with van der Waals surface area (Å²) < 4.78 is 46.5. The second-order valence-corrected chi connectivity index (χ2v) is 10.1. The highest BCUT2D eigenvalue weighted by Crippen LogP contribution is 2.78. The van der Waals surface area contributed by atoms with Gasteiger partial charge in [-0.1, -0.05) is 17.7 Å². The van der Waals surface area contributed by atoms with Crippen LogP contribution in [0, 0.1) is 30.6 Å². The maximum atomic E-state index is 13.4. The number of hydrogen-bond acceptors (Lipinski definition) is 5. The Balaban J connectivity index is 1.59. The van der Waals surface area contributed by atoms with E-state index in [-0.39, 0.29) is 35.5 Å². The van der Waals surface area contributed by atoms with Crippen molar-refractivity contribution in [3.63, 3.8) is 0 Å². The van der Waals surface area contributed by atoms with Crippen molar-refractivity contribution in [2.75, 3.05) is 5.32 Å². The molecule has 0 saturated heterocycles. The van der Waals surface area contributed by atoms with Gasteiger partial charge in [0.05, 0.1) is 22.5 Å². The van der Waals surface area contributed by atoms with E-state index in [0.717, 1.165) is 5.56 Å².